The summed E-state index contributed by atoms with van der Waals surface area (Å²) in [5.74, 6) is -0.125. The Hall–Kier alpha value is -0.230. The number of carbonyl (C=O) groups excluding carboxylic acids is 2. The third-order valence-electron chi connectivity index (χ3n) is 0.498. The maximum atomic E-state index is 10.0. The van der Waals surface area contributed by atoms with Gasteiger partial charge in [0.15, 0.2) is 0 Å². The number of hydrogen-bond donors (Lipinski definition) is 0. The minimum atomic E-state index is -0.0625. The van der Waals surface area contributed by atoms with Crippen LogP contribution in [0.1, 0.15) is 20.3 Å². The fourth-order valence-corrected chi connectivity index (χ4v) is 0.351. The van der Waals surface area contributed by atoms with Gasteiger partial charge in [-0.3, -0.25) is 9.59 Å². The van der Waals surface area contributed by atoms with Gasteiger partial charge >= 0.3 is 0 Å². The fourth-order valence-electron chi connectivity index (χ4n) is 0.351. The maximum Gasteiger partial charge on any atom is 0.137 e. The molecule has 0 bridgehead atoms. The number of ketones is 2. The van der Waals surface area contributed by atoms with Crippen molar-refractivity contribution < 1.29 is 9.59 Å². The van der Waals surface area contributed by atoms with Gasteiger partial charge in [0, 0.05) is 0 Å². The molecule has 0 saturated carbocycles. The van der Waals surface area contributed by atoms with Gasteiger partial charge in [-0.2, -0.15) is 9.90 Å². The van der Waals surface area contributed by atoms with Crippen molar-refractivity contribution in [3.63, 3.8) is 0 Å². The Morgan fingerprint density at radius 3 is 1.38 bits per heavy atom. The average Bonchev–Trinajstić information content (AvgIpc) is 1.27. The average molecular weight is 134 g/mol. The van der Waals surface area contributed by atoms with Crippen molar-refractivity contribution in [2.45, 2.75) is 20.3 Å². The normalized spacial score (nSPS) is 7.25. The van der Waals surface area contributed by atoms with Crippen LogP contribution in [0.3, 0.4) is 0 Å². The molecule has 0 aromatic rings. The Morgan fingerprint density at radius 1 is 1.12 bits per heavy atom. The van der Waals surface area contributed by atoms with Gasteiger partial charge in [0.2, 0.25) is 0 Å². The zero-order valence-corrected chi connectivity index (χ0v) is 6.64. The van der Waals surface area contributed by atoms with Crippen molar-refractivity contribution in [1.29, 1.82) is 0 Å². The smallest absolute Gasteiger partial charge is 0.137 e. The van der Waals surface area contributed by atoms with E-state index < -0.39 is 0 Å². The second-order valence-corrected chi connectivity index (χ2v) is 1.58. The molecule has 0 rings (SSSR count). The van der Waals surface area contributed by atoms with Crippen molar-refractivity contribution in [2.75, 3.05) is 0 Å². The topological polar surface area (TPSA) is 34.1 Å². The van der Waals surface area contributed by atoms with E-state index in [1.54, 1.807) is 0 Å². The molecule has 0 heterocycles. The molecule has 0 aliphatic heterocycles. The maximum absolute atomic E-state index is 10.0. The summed E-state index contributed by atoms with van der Waals surface area (Å²) in [5.41, 5.74) is 0. The SMILES string of the molecule is CC(=O)CC(C)=O.P. The third kappa shape index (κ3) is 9.24. The first-order valence-corrected chi connectivity index (χ1v) is 2.12. The molecule has 0 amide bonds. The summed E-state index contributed by atoms with van der Waals surface area (Å²) in [6.45, 7) is 2.81. The van der Waals surface area contributed by atoms with Crippen LogP contribution in [0.25, 0.3) is 0 Å². The highest BCUT2D eigenvalue weighted by Crippen LogP contribution is 1.80. The molecule has 48 valence electrons. The van der Waals surface area contributed by atoms with Gasteiger partial charge in [0.05, 0.1) is 6.42 Å². The van der Waals surface area contributed by atoms with E-state index >= 15 is 0 Å². The highest BCUT2D eigenvalue weighted by Gasteiger charge is 1.94. The fraction of sp³-hybridized carbons (Fsp3) is 0.600. The molecule has 0 saturated heterocycles. The van der Waals surface area contributed by atoms with Crippen molar-refractivity contribution >= 4 is 21.5 Å². The van der Waals surface area contributed by atoms with Crippen LogP contribution in [0.15, 0.2) is 0 Å². The molecule has 3 heteroatoms. The molecule has 0 fully saturated rings. The van der Waals surface area contributed by atoms with Crippen LogP contribution in [0.5, 0.6) is 0 Å². The second-order valence-electron chi connectivity index (χ2n) is 1.58. The molecular formula is C5H11O2P. The van der Waals surface area contributed by atoms with Crippen molar-refractivity contribution in [3.05, 3.63) is 0 Å². The van der Waals surface area contributed by atoms with Crippen LogP contribution in [0.4, 0.5) is 0 Å². The molecule has 0 N–H and O–H groups in total. The van der Waals surface area contributed by atoms with Crippen LogP contribution in [0, 0.1) is 0 Å². The lowest BCUT2D eigenvalue weighted by Crippen LogP contribution is -1.97. The lowest BCUT2D eigenvalue weighted by atomic mass is 10.2. The molecule has 0 spiro atoms. The summed E-state index contributed by atoms with van der Waals surface area (Å²) in [7, 11) is 0. The minimum absolute atomic E-state index is 0. The predicted molar refractivity (Wildman–Crippen MR) is 37.1 cm³/mol. The Bertz CT molecular complexity index is 86.6. The molecule has 2 nitrogen and oxygen atoms in total. The number of Topliss-reactive ketones (excluding diaryl/α,β-unsaturated/α-hetero) is 2. The summed E-state index contributed by atoms with van der Waals surface area (Å²) in [5, 5.41) is 0. The zero-order valence-electron chi connectivity index (χ0n) is 5.23. The molecule has 0 aromatic heterocycles. The van der Waals surface area contributed by atoms with Crippen LogP contribution >= 0.6 is 9.90 Å². The van der Waals surface area contributed by atoms with Crippen molar-refractivity contribution in [3.8, 4) is 0 Å². The molecule has 0 aliphatic carbocycles. The van der Waals surface area contributed by atoms with Gasteiger partial charge in [-0.15, -0.1) is 0 Å². The van der Waals surface area contributed by atoms with E-state index in [1.807, 2.05) is 0 Å². The lowest BCUT2D eigenvalue weighted by molar-refractivity contribution is -0.124. The summed E-state index contributed by atoms with van der Waals surface area (Å²) < 4.78 is 0. The Balaban J connectivity index is 0. The standard InChI is InChI=1S/C5H8O2.H3P/c1-4(6)3-5(2)7;/h3H2,1-2H3;1H3. The van der Waals surface area contributed by atoms with Gasteiger partial charge in [-0.25, -0.2) is 0 Å². The lowest BCUT2D eigenvalue weighted by Gasteiger charge is -1.81. The molecule has 0 aromatic carbocycles. The molecule has 0 aliphatic rings. The van der Waals surface area contributed by atoms with Gasteiger partial charge in [-0.1, -0.05) is 0 Å². The van der Waals surface area contributed by atoms with Crippen LogP contribution in [-0.2, 0) is 9.59 Å². The highest BCUT2D eigenvalue weighted by atomic mass is 31.0. The van der Waals surface area contributed by atoms with Crippen LogP contribution in [-0.4, -0.2) is 11.6 Å². The highest BCUT2D eigenvalue weighted by molar-refractivity contribution is 6.92. The quantitative estimate of drug-likeness (QED) is 0.409. The van der Waals surface area contributed by atoms with Crippen LogP contribution in [0.2, 0.25) is 0 Å². The molecule has 1 unspecified atom stereocenters. The number of carbonyl (C=O) groups is 2. The largest absolute Gasteiger partial charge is 0.300 e. The Kier molecular flexibility index (Phi) is 6.58. The minimum Gasteiger partial charge on any atom is -0.300 e. The van der Waals surface area contributed by atoms with E-state index in [0.717, 1.165) is 0 Å². The summed E-state index contributed by atoms with van der Waals surface area (Å²) in [6, 6.07) is 0. The van der Waals surface area contributed by atoms with Gasteiger partial charge < -0.3 is 0 Å². The van der Waals surface area contributed by atoms with E-state index in [0.29, 0.717) is 0 Å². The van der Waals surface area contributed by atoms with Gasteiger partial charge in [0.1, 0.15) is 11.6 Å². The zero-order chi connectivity index (χ0) is 5.86. The first-order chi connectivity index (χ1) is 3.13. The van der Waals surface area contributed by atoms with Crippen molar-refractivity contribution in [1.82, 2.24) is 0 Å². The molecule has 0 radical (unpaired) electrons. The summed E-state index contributed by atoms with van der Waals surface area (Å²) >= 11 is 0. The first-order valence-electron chi connectivity index (χ1n) is 2.12. The van der Waals surface area contributed by atoms with Crippen molar-refractivity contribution in [2.24, 2.45) is 0 Å². The van der Waals surface area contributed by atoms with E-state index in [-0.39, 0.29) is 27.9 Å². The first kappa shape index (κ1) is 10.7. The number of rotatable bonds is 2. The van der Waals surface area contributed by atoms with E-state index in [1.165, 1.54) is 13.8 Å². The number of hydrogen-bond acceptors (Lipinski definition) is 2. The second kappa shape index (κ2) is 4.92. The van der Waals surface area contributed by atoms with Gasteiger partial charge in [0.25, 0.3) is 0 Å². The summed E-state index contributed by atoms with van der Waals surface area (Å²) in [6.07, 6.45) is 0.0833. The third-order valence-corrected chi connectivity index (χ3v) is 0.498. The Labute approximate surface area is 52.3 Å². The Morgan fingerprint density at radius 2 is 1.38 bits per heavy atom. The molecule has 1 atom stereocenters. The predicted octanol–water partition coefficient (Wildman–Crippen LogP) is 0.613. The van der Waals surface area contributed by atoms with Crippen LogP contribution < -0.4 is 0 Å². The molecular weight excluding hydrogens is 123 g/mol. The molecule has 8 heavy (non-hydrogen) atoms. The van der Waals surface area contributed by atoms with E-state index in [2.05, 4.69) is 0 Å². The monoisotopic (exact) mass is 134 g/mol. The van der Waals surface area contributed by atoms with Gasteiger partial charge in [-0.05, 0) is 13.8 Å². The van der Waals surface area contributed by atoms with E-state index in [9.17, 15) is 9.59 Å². The summed E-state index contributed by atoms with van der Waals surface area (Å²) in [4.78, 5) is 20.1. The van der Waals surface area contributed by atoms with E-state index in [4.69, 9.17) is 0 Å².